The molecule has 0 fully saturated rings. The maximum absolute atomic E-state index is 13.4. The summed E-state index contributed by atoms with van der Waals surface area (Å²) in [6.45, 7) is 0. The van der Waals surface area contributed by atoms with Crippen molar-refractivity contribution in [3.63, 3.8) is 0 Å². The molecule has 2 rings (SSSR count). The van der Waals surface area contributed by atoms with E-state index in [0.29, 0.717) is 5.69 Å². The van der Waals surface area contributed by atoms with Gasteiger partial charge in [0.2, 0.25) is 0 Å². The number of halogens is 2. The van der Waals surface area contributed by atoms with Crippen LogP contribution < -0.4 is 5.56 Å². The first kappa shape index (κ1) is 11.7. The number of rotatable bonds is 2. The summed E-state index contributed by atoms with van der Waals surface area (Å²) in [6.07, 6.45) is -0.0495. The van der Waals surface area contributed by atoms with Crippen LogP contribution in [0.4, 0.5) is 8.78 Å². The topological polar surface area (TPSA) is 48.6 Å². The van der Waals surface area contributed by atoms with Gasteiger partial charge < -0.3 is 4.98 Å². The van der Waals surface area contributed by atoms with Crippen molar-refractivity contribution in [3.05, 3.63) is 62.3 Å². The van der Waals surface area contributed by atoms with Gasteiger partial charge in [0, 0.05) is 23.7 Å². The van der Waals surface area contributed by atoms with E-state index in [-0.39, 0.29) is 16.8 Å². The Hall–Kier alpha value is -1.82. The van der Waals surface area contributed by atoms with Crippen molar-refractivity contribution < 1.29 is 8.78 Å². The first-order valence-electron chi connectivity index (χ1n) is 4.81. The summed E-state index contributed by atoms with van der Waals surface area (Å²) >= 11 is 4.77. The lowest BCUT2D eigenvalue weighted by Gasteiger charge is -2.04. The van der Waals surface area contributed by atoms with E-state index in [0.717, 1.165) is 0 Å². The van der Waals surface area contributed by atoms with Gasteiger partial charge in [0.25, 0.3) is 5.56 Å². The van der Waals surface area contributed by atoms with Crippen LogP contribution in [-0.4, -0.2) is 9.97 Å². The number of nitrogens with one attached hydrogen (secondary N) is 2. The van der Waals surface area contributed by atoms with E-state index in [1.807, 2.05) is 0 Å². The molecular weight excluding hydrogens is 246 g/mol. The Labute approximate surface area is 100 Å². The molecule has 1 aromatic carbocycles. The van der Waals surface area contributed by atoms with Gasteiger partial charge in [-0.3, -0.25) is 9.78 Å². The second kappa shape index (κ2) is 4.58. The Kier molecular flexibility index (Phi) is 3.14. The third-order valence-corrected chi connectivity index (χ3v) is 2.45. The number of aromatic nitrogens is 2. The smallest absolute Gasteiger partial charge is 0.251 e. The molecule has 6 heteroatoms. The lowest BCUT2D eigenvalue weighted by atomic mass is 10.1. The normalized spacial score (nSPS) is 10.5. The summed E-state index contributed by atoms with van der Waals surface area (Å²) in [5.41, 5.74) is -0.132. The Bertz CT molecular complexity index is 615. The molecule has 2 aromatic rings. The van der Waals surface area contributed by atoms with Crippen LogP contribution in [0.15, 0.2) is 29.1 Å². The minimum Gasteiger partial charge on any atom is -0.336 e. The monoisotopic (exact) mass is 254 g/mol. The zero-order chi connectivity index (χ0) is 12.4. The molecule has 0 spiro atoms. The van der Waals surface area contributed by atoms with Crippen molar-refractivity contribution in [2.75, 3.05) is 0 Å². The van der Waals surface area contributed by atoms with Gasteiger partial charge in [-0.05, 0) is 24.4 Å². The van der Waals surface area contributed by atoms with Crippen molar-refractivity contribution >= 4 is 12.2 Å². The highest BCUT2D eigenvalue weighted by atomic mass is 32.1. The predicted molar refractivity (Wildman–Crippen MR) is 61.4 cm³/mol. The minimum absolute atomic E-state index is 0.0495. The zero-order valence-corrected chi connectivity index (χ0v) is 9.41. The van der Waals surface area contributed by atoms with E-state index in [9.17, 15) is 13.6 Å². The number of aromatic amines is 2. The third-order valence-electron chi connectivity index (χ3n) is 2.25. The summed E-state index contributed by atoms with van der Waals surface area (Å²) in [5, 5.41) is 0. The Morgan fingerprint density at radius 1 is 1.18 bits per heavy atom. The van der Waals surface area contributed by atoms with Crippen LogP contribution in [0.25, 0.3) is 0 Å². The standard InChI is InChI=1S/C11H8F2N2OS/c12-8-2-1-3-9(13)7(8)4-6-5-10(16)15-11(17)14-6/h1-3,5H,4H2,(H2,14,15,16,17). The van der Waals surface area contributed by atoms with Crippen molar-refractivity contribution in [3.8, 4) is 0 Å². The average Bonchev–Trinajstić information content (AvgIpc) is 2.22. The number of H-pyrrole nitrogens is 2. The van der Waals surface area contributed by atoms with Crippen molar-refractivity contribution in [2.45, 2.75) is 6.42 Å². The van der Waals surface area contributed by atoms with Crippen molar-refractivity contribution in [1.29, 1.82) is 0 Å². The van der Waals surface area contributed by atoms with E-state index < -0.39 is 17.2 Å². The lowest BCUT2D eigenvalue weighted by Crippen LogP contribution is -2.09. The molecule has 3 nitrogen and oxygen atoms in total. The SMILES string of the molecule is O=c1cc(Cc2c(F)cccc2F)[nH]c(=S)[nH]1. The van der Waals surface area contributed by atoms with Crippen LogP contribution in [0.2, 0.25) is 0 Å². The summed E-state index contributed by atoms with van der Waals surface area (Å²) in [4.78, 5) is 16.2. The second-order valence-electron chi connectivity index (χ2n) is 3.49. The summed E-state index contributed by atoms with van der Waals surface area (Å²) in [6, 6.07) is 4.84. The molecule has 0 aliphatic carbocycles. The van der Waals surface area contributed by atoms with E-state index >= 15 is 0 Å². The third kappa shape index (κ3) is 2.65. The van der Waals surface area contributed by atoms with Crippen LogP contribution in [0.5, 0.6) is 0 Å². The van der Waals surface area contributed by atoms with Gasteiger partial charge in [-0.15, -0.1) is 0 Å². The zero-order valence-electron chi connectivity index (χ0n) is 8.59. The molecule has 1 heterocycles. The minimum atomic E-state index is -0.649. The van der Waals surface area contributed by atoms with E-state index in [4.69, 9.17) is 12.2 Å². The highest BCUT2D eigenvalue weighted by molar-refractivity contribution is 7.71. The molecule has 0 radical (unpaired) electrons. The van der Waals surface area contributed by atoms with E-state index in [1.54, 1.807) is 0 Å². The van der Waals surface area contributed by atoms with Crippen LogP contribution in [0, 0.1) is 16.4 Å². The first-order chi connectivity index (χ1) is 8.06. The molecule has 0 aliphatic rings. The Morgan fingerprint density at radius 3 is 2.41 bits per heavy atom. The maximum Gasteiger partial charge on any atom is 0.251 e. The fourth-order valence-electron chi connectivity index (χ4n) is 1.51. The molecule has 0 saturated carbocycles. The number of hydrogen-bond donors (Lipinski definition) is 2. The maximum atomic E-state index is 13.4. The largest absolute Gasteiger partial charge is 0.336 e. The molecule has 0 atom stereocenters. The molecule has 17 heavy (non-hydrogen) atoms. The molecule has 0 amide bonds. The Balaban J connectivity index is 2.45. The van der Waals surface area contributed by atoms with Crippen molar-refractivity contribution in [1.82, 2.24) is 9.97 Å². The van der Waals surface area contributed by atoms with Gasteiger partial charge >= 0.3 is 0 Å². The van der Waals surface area contributed by atoms with Gasteiger partial charge in [0.05, 0.1) is 0 Å². The van der Waals surface area contributed by atoms with Crippen LogP contribution in [0.3, 0.4) is 0 Å². The number of hydrogen-bond acceptors (Lipinski definition) is 2. The predicted octanol–water partition coefficient (Wildman–Crippen LogP) is 2.30. The molecule has 1 aromatic heterocycles. The van der Waals surface area contributed by atoms with Crippen molar-refractivity contribution in [2.24, 2.45) is 0 Å². The van der Waals surface area contributed by atoms with Gasteiger partial charge in [0.1, 0.15) is 11.6 Å². The van der Waals surface area contributed by atoms with Crippen LogP contribution in [0.1, 0.15) is 11.3 Å². The van der Waals surface area contributed by atoms with E-state index in [2.05, 4.69) is 9.97 Å². The summed E-state index contributed by atoms with van der Waals surface area (Å²) in [5.74, 6) is -1.30. The van der Waals surface area contributed by atoms with Gasteiger partial charge in [0.15, 0.2) is 4.77 Å². The lowest BCUT2D eigenvalue weighted by molar-refractivity contribution is 0.560. The fourth-order valence-corrected chi connectivity index (χ4v) is 1.74. The van der Waals surface area contributed by atoms with Gasteiger partial charge in [-0.25, -0.2) is 8.78 Å². The van der Waals surface area contributed by atoms with E-state index in [1.165, 1.54) is 24.3 Å². The first-order valence-corrected chi connectivity index (χ1v) is 5.22. The van der Waals surface area contributed by atoms with Crippen LogP contribution >= 0.6 is 12.2 Å². The molecule has 0 bridgehead atoms. The second-order valence-corrected chi connectivity index (χ2v) is 3.90. The summed E-state index contributed by atoms with van der Waals surface area (Å²) in [7, 11) is 0. The van der Waals surface area contributed by atoms with Gasteiger partial charge in [-0.1, -0.05) is 6.07 Å². The van der Waals surface area contributed by atoms with Gasteiger partial charge in [-0.2, -0.15) is 0 Å². The quantitative estimate of drug-likeness (QED) is 0.808. The molecular formula is C11H8F2N2OS. The molecule has 0 unspecified atom stereocenters. The fraction of sp³-hybridized carbons (Fsp3) is 0.0909. The highest BCUT2D eigenvalue weighted by Gasteiger charge is 2.09. The van der Waals surface area contributed by atoms with Crippen LogP contribution in [-0.2, 0) is 6.42 Å². The Morgan fingerprint density at radius 2 is 1.82 bits per heavy atom. The molecule has 0 aliphatic heterocycles. The average molecular weight is 254 g/mol. The summed E-state index contributed by atoms with van der Waals surface area (Å²) < 4.78 is 26.9. The molecule has 0 saturated heterocycles. The number of benzene rings is 1. The molecule has 2 N–H and O–H groups in total. The highest BCUT2D eigenvalue weighted by Crippen LogP contribution is 2.14. The molecule has 88 valence electrons.